The molecular weight excluding hydrogens is 356 g/mol. The first-order chi connectivity index (χ1) is 13.2. The van der Waals surface area contributed by atoms with Crippen molar-refractivity contribution in [3.05, 3.63) is 53.0 Å². The number of amides is 1. The first-order valence-electron chi connectivity index (χ1n) is 9.56. The van der Waals surface area contributed by atoms with Crippen molar-refractivity contribution in [1.82, 2.24) is 4.98 Å². The van der Waals surface area contributed by atoms with Crippen LogP contribution in [0.15, 0.2) is 42.5 Å². The fourth-order valence-corrected chi connectivity index (χ4v) is 4.68. The number of ether oxygens (including phenoxy) is 1. The molecule has 0 atom stereocenters. The molecule has 27 heavy (non-hydrogen) atoms. The van der Waals surface area contributed by atoms with E-state index in [0.29, 0.717) is 6.42 Å². The Morgan fingerprint density at radius 2 is 2.11 bits per heavy atom. The van der Waals surface area contributed by atoms with Gasteiger partial charge < -0.3 is 9.64 Å². The number of anilines is 1. The summed E-state index contributed by atoms with van der Waals surface area (Å²) >= 11 is 1.76. The summed E-state index contributed by atoms with van der Waals surface area (Å²) in [6, 6.07) is 14.3. The van der Waals surface area contributed by atoms with Gasteiger partial charge in [0.1, 0.15) is 5.75 Å². The number of hydrogen-bond donors (Lipinski definition) is 0. The molecule has 0 saturated heterocycles. The quantitative estimate of drug-likeness (QED) is 0.565. The molecule has 0 saturated carbocycles. The van der Waals surface area contributed by atoms with Gasteiger partial charge in [0, 0.05) is 18.7 Å². The number of aromatic nitrogens is 1. The Bertz CT molecular complexity index is 917. The second-order valence-corrected chi connectivity index (χ2v) is 8.04. The minimum atomic E-state index is 0.227. The van der Waals surface area contributed by atoms with Gasteiger partial charge in [-0.2, -0.15) is 0 Å². The van der Waals surface area contributed by atoms with E-state index >= 15 is 0 Å². The molecule has 0 spiro atoms. The molecule has 4 nitrogen and oxygen atoms in total. The topological polar surface area (TPSA) is 42.4 Å². The van der Waals surface area contributed by atoms with Crippen molar-refractivity contribution in [3.63, 3.8) is 0 Å². The highest BCUT2D eigenvalue weighted by atomic mass is 32.1. The van der Waals surface area contributed by atoms with E-state index in [0.717, 1.165) is 55.6 Å². The summed E-state index contributed by atoms with van der Waals surface area (Å²) in [5, 5.41) is 1.17. The summed E-state index contributed by atoms with van der Waals surface area (Å²) in [5.41, 5.74) is 3.34. The van der Waals surface area contributed by atoms with Crippen LogP contribution in [0, 0.1) is 0 Å². The largest absolute Gasteiger partial charge is 0.497 e. The van der Waals surface area contributed by atoms with Crippen molar-refractivity contribution in [3.8, 4) is 5.75 Å². The molecule has 0 unspecified atom stereocenters. The number of para-hydroxylation sites is 1. The van der Waals surface area contributed by atoms with E-state index in [2.05, 4.69) is 29.2 Å². The van der Waals surface area contributed by atoms with Gasteiger partial charge in [0.05, 0.1) is 22.3 Å². The second-order valence-electron chi connectivity index (χ2n) is 6.93. The third kappa shape index (κ3) is 3.98. The number of carbonyl (C=O) groups is 1. The molecule has 2 aromatic carbocycles. The normalized spacial score (nSPS) is 13.6. The lowest BCUT2D eigenvalue weighted by atomic mass is 10.0. The number of methoxy groups -OCH3 is 1. The molecule has 1 aliphatic heterocycles. The van der Waals surface area contributed by atoms with E-state index in [-0.39, 0.29) is 5.91 Å². The van der Waals surface area contributed by atoms with Crippen molar-refractivity contribution in [1.29, 1.82) is 0 Å². The zero-order valence-electron chi connectivity index (χ0n) is 15.6. The summed E-state index contributed by atoms with van der Waals surface area (Å²) < 4.78 is 6.55. The smallest absolute Gasteiger partial charge is 0.226 e. The van der Waals surface area contributed by atoms with E-state index in [1.807, 2.05) is 23.1 Å². The van der Waals surface area contributed by atoms with Crippen LogP contribution in [-0.2, 0) is 17.6 Å². The van der Waals surface area contributed by atoms with E-state index in [1.165, 1.54) is 15.3 Å². The Morgan fingerprint density at radius 3 is 2.96 bits per heavy atom. The van der Waals surface area contributed by atoms with Crippen LogP contribution in [0.5, 0.6) is 5.75 Å². The molecule has 0 radical (unpaired) electrons. The molecule has 140 valence electrons. The third-order valence-electron chi connectivity index (χ3n) is 5.08. The van der Waals surface area contributed by atoms with Crippen molar-refractivity contribution in [2.24, 2.45) is 0 Å². The summed E-state index contributed by atoms with van der Waals surface area (Å²) in [5.74, 6) is 1.09. The molecule has 4 rings (SSSR count). The summed E-state index contributed by atoms with van der Waals surface area (Å²) in [6.45, 7) is 0.816. The summed E-state index contributed by atoms with van der Waals surface area (Å²) in [4.78, 5) is 19.4. The van der Waals surface area contributed by atoms with E-state index < -0.39 is 0 Å². The molecule has 1 aromatic heterocycles. The van der Waals surface area contributed by atoms with Crippen molar-refractivity contribution >= 4 is 33.1 Å². The van der Waals surface area contributed by atoms with E-state index in [4.69, 9.17) is 4.74 Å². The summed E-state index contributed by atoms with van der Waals surface area (Å²) in [6.07, 6.45) is 5.45. The highest BCUT2D eigenvalue weighted by molar-refractivity contribution is 7.18. The number of nitrogens with zero attached hydrogens (tertiary/aromatic N) is 2. The zero-order valence-corrected chi connectivity index (χ0v) is 16.4. The Hall–Kier alpha value is -2.40. The number of aryl methyl sites for hydroxylation is 2. The van der Waals surface area contributed by atoms with Gasteiger partial charge in [-0.3, -0.25) is 4.79 Å². The number of unbranched alkanes of at least 4 members (excludes halogenated alkanes) is 1. The minimum absolute atomic E-state index is 0.227. The molecular formula is C22H24N2O2S. The van der Waals surface area contributed by atoms with Crippen LogP contribution >= 0.6 is 11.3 Å². The van der Waals surface area contributed by atoms with Gasteiger partial charge in [-0.05, 0) is 68.0 Å². The highest BCUT2D eigenvalue weighted by Gasteiger charge is 2.22. The van der Waals surface area contributed by atoms with Gasteiger partial charge in [0.2, 0.25) is 5.91 Å². The van der Waals surface area contributed by atoms with Crippen molar-refractivity contribution in [2.75, 3.05) is 18.6 Å². The molecule has 1 amide bonds. The Kier molecular flexibility index (Phi) is 5.39. The van der Waals surface area contributed by atoms with Gasteiger partial charge in [-0.15, -0.1) is 11.3 Å². The number of benzene rings is 2. The highest BCUT2D eigenvalue weighted by Crippen LogP contribution is 2.31. The van der Waals surface area contributed by atoms with Crippen molar-refractivity contribution in [2.45, 2.75) is 38.5 Å². The van der Waals surface area contributed by atoms with Gasteiger partial charge in [0.15, 0.2) is 0 Å². The van der Waals surface area contributed by atoms with Crippen LogP contribution in [0.1, 0.15) is 36.3 Å². The standard InChI is InChI=1S/C22H24N2O2S/c1-26-17-12-13-19-16(15-17)7-6-14-24(19)22(25)11-5-4-10-21-23-18-8-2-3-9-20(18)27-21/h2-3,8-9,12-13,15H,4-7,10-11,14H2,1H3. The third-order valence-corrected chi connectivity index (χ3v) is 6.17. The average molecular weight is 381 g/mol. The van der Waals surface area contributed by atoms with Crippen LogP contribution in [0.2, 0.25) is 0 Å². The fourth-order valence-electron chi connectivity index (χ4n) is 3.67. The maximum atomic E-state index is 12.7. The fraction of sp³-hybridized carbons (Fsp3) is 0.364. The molecule has 2 heterocycles. The number of fused-ring (bicyclic) bond motifs is 2. The van der Waals surface area contributed by atoms with E-state index in [1.54, 1.807) is 18.4 Å². The first-order valence-corrected chi connectivity index (χ1v) is 10.4. The number of rotatable bonds is 6. The Balaban J connectivity index is 1.32. The predicted molar refractivity (Wildman–Crippen MR) is 111 cm³/mol. The number of carbonyl (C=O) groups excluding carboxylic acids is 1. The van der Waals surface area contributed by atoms with Gasteiger partial charge in [-0.25, -0.2) is 4.98 Å². The maximum Gasteiger partial charge on any atom is 0.226 e. The number of hydrogen-bond acceptors (Lipinski definition) is 4. The van der Waals surface area contributed by atoms with Crippen LogP contribution in [0.25, 0.3) is 10.2 Å². The summed E-state index contributed by atoms with van der Waals surface area (Å²) in [7, 11) is 1.68. The first kappa shape index (κ1) is 18.0. The minimum Gasteiger partial charge on any atom is -0.497 e. The van der Waals surface area contributed by atoms with Crippen molar-refractivity contribution < 1.29 is 9.53 Å². The number of thiazole rings is 1. The van der Waals surface area contributed by atoms with Crippen LogP contribution in [-0.4, -0.2) is 24.5 Å². The Morgan fingerprint density at radius 1 is 1.22 bits per heavy atom. The lowest BCUT2D eigenvalue weighted by Gasteiger charge is -2.30. The molecule has 0 bridgehead atoms. The lowest BCUT2D eigenvalue weighted by molar-refractivity contribution is -0.118. The second kappa shape index (κ2) is 8.09. The molecule has 0 fully saturated rings. The van der Waals surface area contributed by atoms with Gasteiger partial charge >= 0.3 is 0 Å². The van der Waals surface area contributed by atoms with Gasteiger partial charge in [-0.1, -0.05) is 12.1 Å². The maximum absolute atomic E-state index is 12.7. The average Bonchev–Trinajstić information content (AvgIpc) is 3.13. The predicted octanol–water partition coefficient (Wildman–Crippen LogP) is 5.00. The molecule has 5 heteroatoms. The van der Waals surface area contributed by atoms with Gasteiger partial charge in [0.25, 0.3) is 0 Å². The zero-order chi connectivity index (χ0) is 18.6. The van der Waals surface area contributed by atoms with Crippen LogP contribution in [0.4, 0.5) is 5.69 Å². The molecule has 1 aliphatic rings. The van der Waals surface area contributed by atoms with Crippen LogP contribution < -0.4 is 9.64 Å². The molecule has 0 aliphatic carbocycles. The lowest BCUT2D eigenvalue weighted by Crippen LogP contribution is -2.35. The molecule has 0 N–H and O–H groups in total. The molecule has 3 aromatic rings. The van der Waals surface area contributed by atoms with Crippen LogP contribution in [0.3, 0.4) is 0 Å². The Labute approximate surface area is 163 Å². The van der Waals surface area contributed by atoms with E-state index in [9.17, 15) is 4.79 Å². The monoisotopic (exact) mass is 380 g/mol. The SMILES string of the molecule is COc1ccc2c(c1)CCCN2C(=O)CCCCc1nc2ccccc2s1.